The van der Waals surface area contributed by atoms with Gasteiger partial charge in [-0.25, -0.2) is 4.98 Å². The number of rotatable bonds is 5. The number of nitrogens with one attached hydrogen (secondary N) is 2. The summed E-state index contributed by atoms with van der Waals surface area (Å²) in [6.45, 7) is 2.67. The third kappa shape index (κ3) is 3.54. The number of hydrogen-bond acceptors (Lipinski definition) is 4. The van der Waals surface area contributed by atoms with Crippen LogP contribution in [0.5, 0.6) is 0 Å². The van der Waals surface area contributed by atoms with Gasteiger partial charge in [0.25, 0.3) is 0 Å². The van der Waals surface area contributed by atoms with Crippen LogP contribution in [-0.2, 0) is 6.54 Å². The summed E-state index contributed by atoms with van der Waals surface area (Å²) in [5, 5.41) is 20.5. The minimum absolute atomic E-state index is 0.213. The molecule has 0 spiro atoms. The van der Waals surface area contributed by atoms with E-state index in [0.717, 1.165) is 11.5 Å². The lowest BCUT2D eigenvalue weighted by atomic mass is 10.3. The van der Waals surface area contributed by atoms with E-state index in [0.29, 0.717) is 13.1 Å². The Morgan fingerprint density at radius 1 is 1.69 bits per heavy atom. The Labute approximate surface area is 76.8 Å². The average Bonchev–Trinajstić information content (AvgIpc) is 2.51. The normalized spacial score (nSPS) is 13.2. The van der Waals surface area contributed by atoms with Crippen molar-refractivity contribution in [1.29, 1.82) is 0 Å². The standard InChI is InChI=1S/C8H15N3O2/c1-6-10-3-7(11-6)2-9-4-8(13)5-12/h3,8-9,12-13H,2,4-5H2,1H3,(H,10,11). The van der Waals surface area contributed by atoms with Gasteiger partial charge in [-0.1, -0.05) is 0 Å². The van der Waals surface area contributed by atoms with Gasteiger partial charge in [0.1, 0.15) is 5.82 Å². The van der Waals surface area contributed by atoms with Gasteiger partial charge in [0.15, 0.2) is 0 Å². The fraction of sp³-hybridized carbons (Fsp3) is 0.625. The number of aliphatic hydroxyl groups is 2. The van der Waals surface area contributed by atoms with Crippen molar-refractivity contribution in [3.63, 3.8) is 0 Å². The number of nitrogens with zero attached hydrogens (tertiary/aromatic N) is 1. The van der Waals surface area contributed by atoms with Crippen LogP contribution in [0.25, 0.3) is 0 Å². The first-order valence-electron chi connectivity index (χ1n) is 4.22. The van der Waals surface area contributed by atoms with Crippen molar-refractivity contribution in [3.8, 4) is 0 Å². The van der Waals surface area contributed by atoms with Gasteiger partial charge in [-0.05, 0) is 6.92 Å². The lowest BCUT2D eigenvalue weighted by Crippen LogP contribution is -2.29. The minimum atomic E-state index is -0.691. The molecule has 1 aromatic heterocycles. The van der Waals surface area contributed by atoms with Crippen LogP contribution >= 0.6 is 0 Å². The Morgan fingerprint density at radius 3 is 3.00 bits per heavy atom. The number of aromatic amines is 1. The molecular formula is C8H15N3O2. The molecule has 1 aromatic rings. The molecule has 5 heteroatoms. The van der Waals surface area contributed by atoms with Crippen molar-refractivity contribution >= 4 is 0 Å². The summed E-state index contributed by atoms with van der Waals surface area (Å²) < 4.78 is 0. The maximum atomic E-state index is 9.00. The molecule has 0 aromatic carbocycles. The lowest BCUT2D eigenvalue weighted by Gasteiger charge is -2.07. The minimum Gasteiger partial charge on any atom is -0.394 e. The van der Waals surface area contributed by atoms with Gasteiger partial charge in [0.2, 0.25) is 0 Å². The molecule has 0 saturated heterocycles. The third-order valence-corrected chi connectivity index (χ3v) is 1.66. The molecule has 1 heterocycles. The van der Waals surface area contributed by atoms with Crippen molar-refractivity contribution in [2.75, 3.05) is 13.2 Å². The molecule has 74 valence electrons. The maximum Gasteiger partial charge on any atom is 0.103 e. The summed E-state index contributed by atoms with van der Waals surface area (Å²) in [4.78, 5) is 7.08. The third-order valence-electron chi connectivity index (χ3n) is 1.66. The van der Waals surface area contributed by atoms with Crippen LogP contribution in [0.4, 0.5) is 0 Å². The number of H-pyrrole nitrogens is 1. The number of hydrogen-bond donors (Lipinski definition) is 4. The molecular weight excluding hydrogens is 170 g/mol. The molecule has 4 N–H and O–H groups in total. The number of imidazole rings is 1. The largest absolute Gasteiger partial charge is 0.394 e. The zero-order valence-electron chi connectivity index (χ0n) is 7.62. The van der Waals surface area contributed by atoms with Crippen LogP contribution in [0.1, 0.15) is 11.5 Å². The topological polar surface area (TPSA) is 81.2 Å². The fourth-order valence-corrected chi connectivity index (χ4v) is 0.999. The fourth-order valence-electron chi connectivity index (χ4n) is 0.999. The van der Waals surface area contributed by atoms with E-state index in [1.807, 2.05) is 6.92 Å². The van der Waals surface area contributed by atoms with Gasteiger partial charge in [-0.2, -0.15) is 0 Å². The van der Waals surface area contributed by atoms with Crippen LogP contribution in [0, 0.1) is 6.92 Å². The predicted octanol–water partition coefficient (Wildman–Crippen LogP) is -0.839. The Bertz CT molecular complexity index is 249. The molecule has 0 radical (unpaired) electrons. The summed E-state index contributed by atoms with van der Waals surface area (Å²) in [5.41, 5.74) is 0.975. The van der Waals surface area contributed by atoms with E-state index in [9.17, 15) is 0 Å². The second-order valence-electron chi connectivity index (χ2n) is 2.96. The van der Waals surface area contributed by atoms with E-state index >= 15 is 0 Å². The first-order valence-corrected chi connectivity index (χ1v) is 4.22. The number of aromatic nitrogens is 2. The highest BCUT2D eigenvalue weighted by atomic mass is 16.3. The summed E-state index contributed by atoms with van der Waals surface area (Å²) in [5.74, 6) is 0.875. The van der Waals surface area contributed by atoms with E-state index in [-0.39, 0.29) is 6.61 Å². The molecule has 5 nitrogen and oxygen atoms in total. The Hall–Kier alpha value is -0.910. The average molecular weight is 185 g/mol. The van der Waals surface area contributed by atoms with Crippen molar-refractivity contribution in [2.45, 2.75) is 19.6 Å². The molecule has 0 amide bonds. The summed E-state index contributed by atoms with van der Waals surface area (Å²) in [7, 11) is 0. The zero-order valence-corrected chi connectivity index (χ0v) is 7.62. The highest BCUT2D eigenvalue weighted by Crippen LogP contribution is 1.94. The van der Waals surface area contributed by atoms with Crippen LogP contribution in [0.2, 0.25) is 0 Å². The molecule has 0 fully saturated rings. The Balaban J connectivity index is 2.20. The van der Waals surface area contributed by atoms with Gasteiger partial charge in [0, 0.05) is 25.0 Å². The highest BCUT2D eigenvalue weighted by Gasteiger charge is 2.01. The first-order chi connectivity index (χ1) is 6.22. The second-order valence-corrected chi connectivity index (χ2v) is 2.96. The molecule has 13 heavy (non-hydrogen) atoms. The van der Waals surface area contributed by atoms with E-state index in [4.69, 9.17) is 10.2 Å². The quantitative estimate of drug-likeness (QED) is 0.482. The van der Waals surface area contributed by atoms with Crippen LogP contribution in [0.15, 0.2) is 6.20 Å². The van der Waals surface area contributed by atoms with Crippen LogP contribution in [-0.4, -0.2) is 39.4 Å². The van der Waals surface area contributed by atoms with E-state index in [1.165, 1.54) is 0 Å². The Morgan fingerprint density at radius 2 is 2.46 bits per heavy atom. The van der Waals surface area contributed by atoms with Crippen LogP contribution in [0.3, 0.4) is 0 Å². The molecule has 1 rings (SSSR count). The molecule has 1 unspecified atom stereocenters. The number of aryl methyl sites for hydroxylation is 1. The first kappa shape index (κ1) is 10.2. The van der Waals surface area contributed by atoms with Gasteiger partial charge in [0.05, 0.1) is 12.7 Å². The van der Waals surface area contributed by atoms with Crippen molar-refractivity contribution < 1.29 is 10.2 Å². The van der Waals surface area contributed by atoms with Gasteiger partial charge in [-0.3, -0.25) is 0 Å². The van der Waals surface area contributed by atoms with Crippen molar-refractivity contribution in [3.05, 3.63) is 17.7 Å². The Kier molecular flexibility index (Phi) is 3.88. The molecule has 0 saturated carbocycles. The smallest absolute Gasteiger partial charge is 0.103 e. The highest BCUT2D eigenvalue weighted by molar-refractivity contribution is 4.99. The van der Waals surface area contributed by atoms with E-state index in [2.05, 4.69) is 15.3 Å². The summed E-state index contributed by atoms with van der Waals surface area (Å²) >= 11 is 0. The van der Waals surface area contributed by atoms with Gasteiger partial charge < -0.3 is 20.5 Å². The van der Waals surface area contributed by atoms with E-state index < -0.39 is 6.10 Å². The van der Waals surface area contributed by atoms with Crippen LogP contribution < -0.4 is 5.32 Å². The van der Waals surface area contributed by atoms with Crippen molar-refractivity contribution in [1.82, 2.24) is 15.3 Å². The van der Waals surface area contributed by atoms with Gasteiger partial charge >= 0.3 is 0 Å². The predicted molar refractivity (Wildman–Crippen MR) is 48.1 cm³/mol. The maximum absolute atomic E-state index is 9.00. The monoisotopic (exact) mass is 185 g/mol. The second kappa shape index (κ2) is 4.96. The van der Waals surface area contributed by atoms with Crippen molar-refractivity contribution in [2.24, 2.45) is 0 Å². The van der Waals surface area contributed by atoms with Gasteiger partial charge in [-0.15, -0.1) is 0 Å². The molecule has 0 aliphatic carbocycles. The molecule has 0 bridgehead atoms. The number of aliphatic hydroxyl groups excluding tert-OH is 2. The van der Waals surface area contributed by atoms with E-state index in [1.54, 1.807) is 6.20 Å². The molecule has 0 aliphatic heterocycles. The summed E-state index contributed by atoms with van der Waals surface area (Å²) in [6.07, 6.45) is 1.05. The summed E-state index contributed by atoms with van der Waals surface area (Å²) in [6, 6.07) is 0. The molecule has 1 atom stereocenters. The SMILES string of the molecule is Cc1ncc(CNCC(O)CO)[nH]1. The molecule has 0 aliphatic rings. The zero-order chi connectivity index (χ0) is 9.68. The lowest BCUT2D eigenvalue weighted by molar-refractivity contribution is 0.0941.